The van der Waals surface area contributed by atoms with Crippen LogP contribution in [0.4, 0.5) is 0 Å². The fourth-order valence-corrected chi connectivity index (χ4v) is 3.30. The second kappa shape index (κ2) is 9.26. The normalized spacial score (nSPS) is 11.2. The molecule has 1 amide bonds. The highest BCUT2D eigenvalue weighted by Gasteiger charge is 2.14. The van der Waals surface area contributed by atoms with Gasteiger partial charge in [-0.05, 0) is 24.3 Å². The number of benzene rings is 2. The van der Waals surface area contributed by atoms with Gasteiger partial charge in [0.15, 0.2) is 9.84 Å². The molecule has 0 aromatic heterocycles. The van der Waals surface area contributed by atoms with Crippen LogP contribution in [0.1, 0.15) is 22.8 Å². The Balaban J connectivity index is 2.03. The number of nitrogens with one attached hydrogen (secondary N) is 1. The first-order chi connectivity index (χ1) is 12.3. The van der Waals surface area contributed by atoms with Crippen molar-refractivity contribution >= 4 is 38.9 Å². The van der Waals surface area contributed by atoms with Gasteiger partial charge in [-0.3, -0.25) is 4.79 Å². The third-order valence-electron chi connectivity index (χ3n) is 3.67. The summed E-state index contributed by atoms with van der Waals surface area (Å²) in [7, 11) is -3.13. The molecule has 0 radical (unpaired) electrons. The van der Waals surface area contributed by atoms with Crippen molar-refractivity contribution in [2.45, 2.75) is 13.5 Å². The summed E-state index contributed by atoms with van der Waals surface area (Å²) in [4.78, 5) is 12.3. The number of halogens is 2. The van der Waals surface area contributed by atoms with Crippen LogP contribution in [0, 0.1) is 0 Å². The number of amides is 1. The van der Waals surface area contributed by atoms with Crippen molar-refractivity contribution in [1.29, 1.82) is 0 Å². The molecule has 0 aliphatic carbocycles. The van der Waals surface area contributed by atoms with E-state index < -0.39 is 15.7 Å². The summed E-state index contributed by atoms with van der Waals surface area (Å²) in [6.45, 7) is 1.79. The van der Waals surface area contributed by atoms with Crippen LogP contribution in [0.2, 0.25) is 10.0 Å². The zero-order valence-corrected chi connectivity index (χ0v) is 16.5. The fourth-order valence-electron chi connectivity index (χ4n) is 2.13. The van der Waals surface area contributed by atoms with E-state index in [0.29, 0.717) is 21.4 Å². The maximum atomic E-state index is 12.3. The second-order valence-corrected chi connectivity index (χ2v) is 8.83. The molecule has 0 saturated heterocycles. The third-order valence-corrected chi connectivity index (χ3v) is 5.96. The van der Waals surface area contributed by atoms with Gasteiger partial charge in [0.05, 0.1) is 11.3 Å². The Kier molecular flexibility index (Phi) is 7.32. The third kappa shape index (κ3) is 5.90. The van der Waals surface area contributed by atoms with E-state index in [0.717, 1.165) is 5.56 Å². The molecular formula is C18H19Cl2NO4S. The first-order valence-electron chi connectivity index (χ1n) is 7.97. The lowest BCUT2D eigenvalue weighted by Crippen LogP contribution is -2.29. The predicted octanol–water partition coefficient (Wildman–Crippen LogP) is 3.74. The Morgan fingerprint density at radius 1 is 1.15 bits per heavy atom. The molecule has 0 saturated carbocycles. The average molecular weight is 416 g/mol. The van der Waals surface area contributed by atoms with E-state index in [1.807, 2.05) is 0 Å². The molecule has 26 heavy (non-hydrogen) atoms. The highest BCUT2D eigenvalue weighted by molar-refractivity contribution is 7.91. The molecule has 8 heteroatoms. The lowest BCUT2D eigenvalue weighted by Gasteiger charge is -2.12. The minimum absolute atomic E-state index is 0.0461. The van der Waals surface area contributed by atoms with Crippen molar-refractivity contribution in [2.75, 3.05) is 18.1 Å². The quantitative estimate of drug-likeness (QED) is 0.712. The first kappa shape index (κ1) is 20.6. The van der Waals surface area contributed by atoms with Gasteiger partial charge in [0, 0.05) is 27.9 Å². The number of hydrogen-bond donors (Lipinski definition) is 1. The number of ether oxygens (including phenoxy) is 1. The molecule has 0 heterocycles. The molecule has 2 rings (SSSR count). The summed E-state index contributed by atoms with van der Waals surface area (Å²) in [5, 5.41) is 3.61. The SMILES string of the molecule is CCS(=O)(=O)CCNC(=O)c1ccccc1OCc1ccc(Cl)cc1Cl. The van der Waals surface area contributed by atoms with Crippen LogP contribution in [-0.2, 0) is 16.4 Å². The van der Waals surface area contributed by atoms with Gasteiger partial charge in [-0.1, -0.05) is 48.3 Å². The Bertz CT molecular complexity index is 885. The van der Waals surface area contributed by atoms with E-state index in [9.17, 15) is 13.2 Å². The minimum Gasteiger partial charge on any atom is -0.488 e. The lowest BCUT2D eigenvalue weighted by molar-refractivity contribution is 0.0951. The van der Waals surface area contributed by atoms with Gasteiger partial charge in [0.25, 0.3) is 5.91 Å². The van der Waals surface area contributed by atoms with Crippen LogP contribution in [0.15, 0.2) is 42.5 Å². The molecule has 140 valence electrons. The zero-order chi connectivity index (χ0) is 19.2. The number of para-hydroxylation sites is 1. The summed E-state index contributed by atoms with van der Waals surface area (Å²) >= 11 is 12.0. The van der Waals surface area contributed by atoms with E-state index >= 15 is 0 Å². The van der Waals surface area contributed by atoms with E-state index in [4.69, 9.17) is 27.9 Å². The Labute approximate surface area is 163 Å². The molecule has 0 atom stereocenters. The number of carbonyl (C=O) groups excluding carboxylic acids is 1. The van der Waals surface area contributed by atoms with Gasteiger partial charge in [0.1, 0.15) is 12.4 Å². The molecule has 2 aromatic rings. The van der Waals surface area contributed by atoms with Crippen molar-refractivity contribution in [3.05, 3.63) is 63.6 Å². The van der Waals surface area contributed by atoms with Gasteiger partial charge in [-0.25, -0.2) is 8.42 Å². The van der Waals surface area contributed by atoms with Crippen LogP contribution < -0.4 is 10.1 Å². The summed E-state index contributed by atoms with van der Waals surface area (Å²) in [6.07, 6.45) is 0. The number of carbonyl (C=O) groups is 1. The Morgan fingerprint density at radius 2 is 1.88 bits per heavy atom. The Morgan fingerprint density at radius 3 is 2.58 bits per heavy atom. The van der Waals surface area contributed by atoms with Crippen molar-refractivity contribution in [1.82, 2.24) is 5.32 Å². The van der Waals surface area contributed by atoms with Crippen LogP contribution in [0.5, 0.6) is 5.75 Å². The molecule has 2 aromatic carbocycles. The summed E-state index contributed by atoms with van der Waals surface area (Å²) < 4.78 is 28.7. The van der Waals surface area contributed by atoms with Gasteiger partial charge in [-0.2, -0.15) is 0 Å². The number of hydrogen-bond acceptors (Lipinski definition) is 4. The molecule has 5 nitrogen and oxygen atoms in total. The molecule has 0 fully saturated rings. The highest BCUT2D eigenvalue weighted by atomic mass is 35.5. The van der Waals surface area contributed by atoms with Gasteiger partial charge < -0.3 is 10.1 Å². The van der Waals surface area contributed by atoms with Crippen molar-refractivity contribution in [3.8, 4) is 5.75 Å². The molecule has 0 spiro atoms. The largest absolute Gasteiger partial charge is 0.488 e. The maximum absolute atomic E-state index is 12.3. The van der Waals surface area contributed by atoms with Gasteiger partial charge in [0.2, 0.25) is 0 Å². The molecule has 1 N–H and O–H groups in total. The fraction of sp³-hybridized carbons (Fsp3) is 0.278. The highest BCUT2D eigenvalue weighted by Crippen LogP contribution is 2.24. The van der Waals surface area contributed by atoms with E-state index in [2.05, 4.69) is 5.32 Å². The van der Waals surface area contributed by atoms with Crippen LogP contribution in [-0.4, -0.2) is 32.4 Å². The topological polar surface area (TPSA) is 72.5 Å². The summed E-state index contributed by atoms with van der Waals surface area (Å²) in [5.41, 5.74) is 1.06. The van der Waals surface area contributed by atoms with Crippen molar-refractivity contribution in [2.24, 2.45) is 0 Å². The smallest absolute Gasteiger partial charge is 0.255 e. The first-order valence-corrected chi connectivity index (χ1v) is 10.5. The minimum atomic E-state index is -3.13. The van der Waals surface area contributed by atoms with Gasteiger partial charge >= 0.3 is 0 Å². The molecule has 0 bridgehead atoms. The van der Waals surface area contributed by atoms with Crippen molar-refractivity contribution < 1.29 is 17.9 Å². The average Bonchev–Trinajstić information content (AvgIpc) is 2.61. The van der Waals surface area contributed by atoms with Crippen LogP contribution in [0.25, 0.3) is 0 Å². The molecule has 0 unspecified atom stereocenters. The number of rotatable bonds is 8. The molecule has 0 aliphatic heterocycles. The summed E-state index contributed by atoms with van der Waals surface area (Å²) in [6, 6.07) is 11.8. The van der Waals surface area contributed by atoms with E-state index in [1.165, 1.54) is 0 Å². The number of sulfone groups is 1. The lowest BCUT2D eigenvalue weighted by atomic mass is 10.2. The van der Waals surface area contributed by atoms with Crippen LogP contribution >= 0.6 is 23.2 Å². The standard InChI is InChI=1S/C18H19Cl2NO4S/c1-2-26(23,24)10-9-21-18(22)15-5-3-4-6-17(15)25-12-13-7-8-14(19)11-16(13)20/h3-8,11H,2,9-10,12H2,1H3,(H,21,22). The van der Waals surface area contributed by atoms with E-state index in [-0.39, 0.29) is 24.7 Å². The Hall–Kier alpha value is -1.76. The van der Waals surface area contributed by atoms with Gasteiger partial charge in [-0.15, -0.1) is 0 Å². The van der Waals surface area contributed by atoms with E-state index in [1.54, 1.807) is 49.4 Å². The van der Waals surface area contributed by atoms with Crippen LogP contribution in [0.3, 0.4) is 0 Å². The molecule has 0 aliphatic rings. The second-order valence-electron chi connectivity index (χ2n) is 5.51. The van der Waals surface area contributed by atoms with Crippen molar-refractivity contribution in [3.63, 3.8) is 0 Å². The molecular weight excluding hydrogens is 397 g/mol. The maximum Gasteiger partial charge on any atom is 0.255 e. The predicted molar refractivity (Wildman–Crippen MR) is 104 cm³/mol. The zero-order valence-electron chi connectivity index (χ0n) is 14.2. The monoisotopic (exact) mass is 415 g/mol. The summed E-state index contributed by atoms with van der Waals surface area (Å²) in [5.74, 6) is -0.0632.